The predicted molar refractivity (Wildman–Crippen MR) is 50.0 cm³/mol. The molecule has 4 heteroatoms. The van der Waals surface area contributed by atoms with E-state index in [9.17, 15) is 4.57 Å². The number of hydrogen-bond acceptors (Lipinski definition) is 2. The lowest BCUT2D eigenvalue weighted by Gasteiger charge is -1.99. The summed E-state index contributed by atoms with van der Waals surface area (Å²) in [6.45, 7) is 3.96. The molecule has 1 atom stereocenters. The van der Waals surface area contributed by atoms with Crippen LogP contribution in [-0.4, -0.2) is 18.6 Å². The molecule has 2 nitrogen and oxygen atoms in total. The van der Waals surface area contributed by atoms with Crippen LogP contribution in [0.2, 0.25) is 0 Å². The van der Waals surface area contributed by atoms with Gasteiger partial charge in [0.25, 0.3) is 0 Å². The van der Waals surface area contributed by atoms with Gasteiger partial charge in [0.05, 0.1) is 6.61 Å². The monoisotopic (exact) mass is 196 g/mol. The van der Waals surface area contributed by atoms with Crippen molar-refractivity contribution in [1.82, 2.24) is 0 Å². The van der Waals surface area contributed by atoms with Crippen molar-refractivity contribution in [2.75, 3.05) is 18.6 Å². The molecule has 0 saturated carbocycles. The van der Waals surface area contributed by atoms with E-state index in [1.807, 2.05) is 6.08 Å². The van der Waals surface area contributed by atoms with Gasteiger partial charge in [0.1, 0.15) is 0 Å². The number of hydrogen-bond donors (Lipinski definition) is 0. The summed E-state index contributed by atoms with van der Waals surface area (Å²) in [6.07, 6.45) is 4.26. The van der Waals surface area contributed by atoms with Crippen LogP contribution in [0.3, 0.4) is 0 Å². The Hall–Kier alpha value is 0.220. The third-order valence-electron chi connectivity index (χ3n) is 1.13. The zero-order chi connectivity index (χ0) is 8.53. The number of allylic oxidation sites excluding steroid dienone is 1. The van der Waals surface area contributed by atoms with E-state index in [0.29, 0.717) is 18.6 Å². The van der Waals surface area contributed by atoms with Gasteiger partial charge in [-0.1, -0.05) is 6.08 Å². The van der Waals surface area contributed by atoms with Crippen molar-refractivity contribution in [3.8, 4) is 0 Å². The molecule has 11 heavy (non-hydrogen) atoms. The van der Waals surface area contributed by atoms with E-state index in [1.165, 1.54) is 0 Å². The van der Waals surface area contributed by atoms with Crippen LogP contribution < -0.4 is 0 Å². The Morgan fingerprint density at radius 3 is 2.91 bits per heavy atom. The van der Waals surface area contributed by atoms with Gasteiger partial charge in [-0.25, -0.2) is 0 Å². The van der Waals surface area contributed by atoms with E-state index in [0.717, 1.165) is 12.8 Å². The van der Waals surface area contributed by atoms with Gasteiger partial charge in [-0.05, 0) is 12.8 Å². The largest absolute Gasteiger partial charge is 0.329 e. The zero-order valence-corrected chi connectivity index (χ0v) is 8.27. The molecule has 0 saturated heterocycles. The van der Waals surface area contributed by atoms with Crippen LogP contribution in [0.25, 0.3) is 0 Å². The maximum atomic E-state index is 10.9. The van der Waals surface area contributed by atoms with Gasteiger partial charge in [-0.3, -0.25) is 4.57 Å². The van der Waals surface area contributed by atoms with E-state index < -0.39 is 8.03 Å². The maximum Gasteiger partial charge on any atom is 0.191 e. The highest BCUT2D eigenvalue weighted by molar-refractivity contribution is 7.39. The molecule has 1 unspecified atom stereocenters. The number of halogens is 1. The molecule has 0 aliphatic rings. The Labute approximate surface area is 73.4 Å². The van der Waals surface area contributed by atoms with Crippen LogP contribution in [0.5, 0.6) is 0 Å². The van der Waals surface area contributed by atoms with Gasteiger partial charge < -0.3 is 4.52 Å². The number of rotatable bonds is 7. The Kier molecular flexibility index (Phi) is 8.48. The highest BCUT2D eigenvalue weighted by atomic mass is 35.5. The van der Waals surface area contributed by atoms with Crippen LogP contribution in [-0.2, 0) is 9.09 Å². The normalized spacial score (nSPS) is 12.8. The second kappa shape index (κ2) is 8.32. The van der Waals surface area contributed by atoms with E-state index in [1.54, 1.807) is 0 Å². The number of alkyl halides is 1. The lowest BCUT2D eigenvalue weighted by Crippen LogP contribution is -1.88. The lowest BCUT2D eigenvalue weighted by atomic mass is 10.3. The SMILES string of the molecule is C=CCCC[PH](=O)OCCCl. The average molecular weight is 197 g/mol. The molecule has 0 aromatic heterocycles. The van der Waals surface area contributed by atoms with Gasteiger partial charge in [-0.2, -0.15) is 0 Å². The van der Waals surface area contributed by atoms with E-state index in [4.69, 9.17) is 16.1 Å². The van der Waals surface area contributed by atoms with Crippen LogP contribution in [0.1, 0.15) is 12.8 Å². The summed E-state index contributed by atoms with van der Waals surface area (Å²) < 4.78 is 15.9. The fourth-order valence-electron chi connectivity index (χ4n) is 0.615. The molecule has 0 N–H and O–H groups in total. The maximum absolute atomic E-state index is 10.9. The standard InChI is InChI=1S/C7H14ClO2P/c1-2-3-4-7-11(9)10-6-5-8/h2,11H,1,3-7H2. The second-order valence-corrected chi connectivity index (χ2v) is 4.00. The van der Waals surface area contributed by atoms with Crippen molar-refractivity contribution in [2.45, 2.75) is 12.8 Å². The van der Waals surface area contributed by atoms with Crippen LogP contribution in [0.4, 0.5) is 0 Å². The molecular weight excluding hydrogens is 183 g/mol. The summed E-state index contributed by atoms with van der Waals surface area (Å²) in [5.74, 6) is 0.415. The van der Waals surface area contributed by atoms with Gasteiger partial charge >= 0.3 is 0 Å². The lowest BCUT2D eigenvalue weighted by molar-refractivity contribution is 0.352. The van der Waals surface area contributed by atoms with Crippen LogP contribution in [0.15, 0.2) is 12.7 Å². The minimum absolute atomic E-state index is 0.396. The summed E-state index contributed by atoms with van der Waals surface area (Å²) in [5, 5.41) is 0. The Balaban J connectivity index is 3.15. The fraction of sp³-hybridized carbons (Fsp3) is 0.714. The summed E-state index contributed by atoms with van der Waals surface area (Å²) in [7, 11) is -1.81. The molecule has 0 aromatic rings. The fourth-order valence-corrected chi connectivity index (χ4v) is 1.79. The topological polar surface area (TPSA) is 26.3 Å². The van der Waals surface area contributed by atoms with Gasteiger partial charge in [-0.15, -0.1) is 18.2 Å². The van der Waals surface area contributed by atoms with Gasteiger partial charge in [0, 0.05) is 12.0 Å². The molecule has 0 heterocycles. The third kappa shape index (κ3) is 8.12. The van der Waals surface area contributed by atoms with Crippen LogP contribution in [0, 0.1) is 0 Å². The van der Waals surface area contributed by atoms with E-state index in [-0.39, 0.29) is 0 Å². The molecule has 0 bridgehead atoms. The molecule has 0 fully saturated rings. The molecule has 0 spiro atoms. The summed E-state index contributed by atoms with van der Waals surface area (Å²) in [5.41, 5.74) is 0. The Bertz CT molecular complexity index is 128. The van der Waals surface area contributed by atoms with E-state index >= 15 is 0 Å². The molecule has 0 aliphatic heterocycles. The molecule has 0 amide bonds. The molecule has 0 radical (unpaired) electrons. The van der Waals surface area contributed by atoms with Crippen molar-refractivity contribution in [1.29, 1.82) is 0 Å². The smallest absolute Gasteiger partial charge is 0.191 e. The highest BCUT2D eigenvalue weighted by Crippen LogP contribution is 2.23. The van der Waals surface area contributed by atoms with Crippen molar-refractivity contribution in [3.05, 3.63) is 12.7 Å². The van der Waals surface area contributed by atoms with Crippen LogP contribution >= 0.6 is 19.6 Å². The highest BCUT2D eigenvalue weighted by Gasteiger charge is 1.96. The quantitative estimate of drug-likeness (QED) is 0.271. The minimum Gasteiger partial charge on any atom is -0.329 e. The second-order valence-electron chi connectivity index (χ2n) is 2.09. The number of unbranched alkanes of at least 4 members (excludes halogenated alkanes) is 1. The zero-order valence-electron chi connectivity index (χ0n) is 6.51. The molecule has 0 aromatic carbocycles. The van der Waals surface area contributed by atoms with Crippen molar-refractivity contribution in [3.63, 3.8) is 0 Å². The first-order chi connectivity index (χ1) is 5.31. The first-order valence-corrected chi connectivity index (χ1v) is 5.69. The van der Waals surface area contributed by atoms with Crippen molar-refractivity contribution >= 4 is 19.6 Å². The summed E-state index contributed by atoms with van der Waals surface area (Å²) in [4.78, 5) is 0. The minimum atomic E-state index is -1.81. The Morgan fingerprint density at radius 1 is 1.64 bits per heavy atom. The van der Waals surface area contributed by atoms with Gasteiger partial charge in [0.15, 0.2) is 8.03 Å². The van der Waals surface area contributed by atoms with Crippen molar-refractivity contribution < 1.29 is 9.09 Å². The molecule has 0 rings (SSSR count). The molecular formula is C7H14ClO2P. The summed E-state index contributed by atoms with van der Waals surface area (Å²) in [6, 6.07) is 0. The third-order valence-corrected chi connectivity index (χ3v) is 2.57. The average Bonchev–Trinajstić information content (AvgIpc) is 2.01. The van der Waals surface area contributed by atoms with Gasteiger partial charge in [0.2, 0.25) is 0 Å². The van der Waals surface area contributed by atoms with E-state index in [2.05, 4.69) is 6.58 Å². The van der Waals surface area contributed by atoms with Crippen molar-refractivity contribution in [2.24, 2.45) is 0 Å². The predicted octanol–water partition coefficient (Wildman–Crippen LogP) is 2.68. The summed E-state index contributed by atoms with van der Waals surface area (Å²) >= 11 is 5.34. The first kappa shape index (κ1) is 11.2. The Morgan fingerprint density at radius 2 is 2.36 bits per heavy atom. The molecule has 66 valence electrons. The molecule has 0 aliphatic carbocycles. The first-order valence-electron chi connectivity index (χ1n) is 3.63.